The van der Waals surface area contributed by atoms with Gasteiger partial charge >= 0.3 is 5.97 Å². The minimum absolute atomic E-state index is 0.0231. The Morgan fingerprint density at radius 3 is 2.60 bits per heavy atom. The lowest BCUT2D eigenvalue weighted by atomic mass is 10.0. The van der Waals surface area contributed by atoms with Crippen molar-refractivity contribution in [3.63, 3.8) is 0 Å². The average molecular weight is 423 g/mol. The van der Waals surface area contributed by atoms with Crippen LogP contribution in [0.15, 0.2) is 60.7 Å². The second-order valence-electron chi connectivity index (χ2n) is 7.64. The summed E-state index contributed by atoms with van der Waals surface area (Å²) in [4.78, 5) is 26.1. The van der Waals surface area contributed by atoms with Crippen molar-refractivity contribution >= 4 is 39.9 Å². The third-order valence-corrected chi connectivity index (χ3v) is 5.75. The predicted molar refractivity (Wildman–Crippen MR) is 119 cm³/mol. The van der Waals surface area contributed by atoms with Gasteiger partial charge in [-0.1, -0.05) is 54.1 Å². The Morgan fingerprint density at radius 1 is 1.07 bits per heavy atom. The van der Waals surface area contributed by atoms with E-state index in [0.717, 1.165) is 19.4 Å². The molecule has 0 unspecified atom stereocenters. The van der Waals surface area contributed by atoms with Crippen LogP contribution in [0.3, 0.4) is 0 Å². The van der Waals surface area contributed by atoms with Crippen LogP contribution in [-0.2, 0) is 11.3 Å². The zero-order chi connectivity index (χ0) is 21.1. The van der Waals surface area contributed by atoms with Crippen LogP contribution in [0.5, 0.6) is 0 Å². The average Bonchev–Trinajstić information content (AvgIpc) is 3.57. The Bertz CT molecular complexity index is 1090. The number of benzene rings is 3. The van der Waals surface area contributed by atoms with Crippen LogP contribution in [0.2, 0.25) is 5.02 Å². The minimum Gasteiger partial charge on any atom is -0.478 e. The van der Waals surface area contributed by atoms with E-state index in [1.54, 1.807) is 6.07 Å². The van der Waals surface area contributed by atoms with Crippen LogP contribution in [0.25, 0.3) is 10.8 Å². The first-order valence-corrected chi connectivity index (χ1v) is 10.4. The number of nitrogens with zero attached hydrogens (tertiary/aromatic N) is 1. The molecule has 0 atom stereocenters. The molecule has 1 saturated carbocycles. The summed E-state index contributed by atoms with van der Waals surface area (Å²) in [6.07, 6.45) is 2.66. The van der Waals surface area contributed by atoms with E-state index in [0.29, 0.717) is 24.7 Å². The van der Waals surface area contributed by atoms with Gasteiger partial charge in [-0.05, 0) is 47.4 Å². The van der Waals surface area contributed by atoms with Crippen molar-refractivity contribution in [3.05, 3.63) is 76.8 Å². The smallest absolute Gasteiger partial charge is 0.337 e. The second kappa shape index (κ2) is 8.86. The van der Waals surface area contributed by atoms with Gasteiger partial charge in [-0.3, -0.25) is 9.69 Å². The summed E-state index contributed by atoms with van der Waals surface area (Å²) in [5.41, 5.74) is 1.68. The number of halogens is 1. The molecule has 154 valence electrons. The Hall–Kier alpha value is -2.89. The van der Waals surface area contributed by atoms with E-state index >= 15 is 0 Å². The van der Waals surface area contributed by atoms with Gasteiger partial charge in [-0.15, -0.1) is 0 Å². The molecular weight excluding hydrogens is 400 g/mol. The van der Waals surface area contributed by atoms with Crippen LogP contribution in [0, 0.1) is 0 Å². The summed E-state index contributed by atoms with van der Waals surface area (Å²) in [6.45, 7) is 1.46. The molecule has 1 aliphatic carbocycles. The Labute approximate surface area is 180 Å². The number of aromatic carboxylic acids is 1. The van der Waals surface area contributed by atoms with Gasteiger partial charge in [0.2, 0.25) is 5.91 Å². The molecule has 0 aromatic heterocycles. The highest BCUT2D eigenvalue weighted by Gasteiger charge is 2.29. The normalized spacial score (nSPS) is 13.5. The summed E-state index contributed by atoms with van der Waals surface area (Å²) in [5, 5.41) is 14.6. The fraction of sp³-hybridized carbons (Fsp3) is 0.250. The Balaban J connectivity index is 1.40. The minimum atomic E-state index is -1.12. The summed E-state index contributed by atoms with van der Waals surface area (Å²) in [7, 11) is 0. The Kier molecular flexibility index (Phi) is 6.02. The molecule has 1 aliphatic rings. The standard InChI is InChI=1S/C24H23ClN2O3/c25-22-11-8-18(14-21(22)24(29)30)26-23(28)12-13-27(19-9-10-19)15-17-6-3-5-16-4-1-2-7-20(16)17/h1-8,11,14,19H,9-10,12-13,15H2,(H,26,28)(H,29,30). The quantitative estimate of drug-likeness (QED) is 0.524. The van der Waals surface area contributed by atoms with Crippen molar-refractivity contribution < 1.29 is 14.7 Å². The van der Waals surface area contributed by atoms with Gasteiger partial charge in [-0.25, -0.2) is 4.79 Å². The van der Waals surface area contributed by atoms with E-state index in [2.05, 4.69) is 46.6 Å². The first kappa shape index (κ1) is 20.4. The fourth-order valence-electron chi connectivity index (χ4n) is 3.72. The largest absolute Gasteiger partial charge is 0.478 e. The molecule has 3 aromatic carbocycles. The number of carbonyl (C=O) groups excluding carboxylic acids is 1. The summed E-state index contributed by atoms with van der Waals surface area (Å²) in [5.74, 6) is -1.26. The fourth-order valence-corrected chi connectivity index (χ4v) is 3.91. The molecule has 4 rings (SSSR count). The number of carbonyl (C=O) groups is 2. The predicted octanol–water partition coefficient (Wildman–Crippen LogP) is 5.18. The SMILES string of the molecule is O=C(CCN(Cc1cccc2ccccc12)C1CC1)Nc1ccc(Cl)c(C(=O)O)c1. The molecule has 0 aliphatic heterocycles. The van der Waals surface area contributed by atoms with Crippen LogP contribution < -0.4 is 5.32 Å². The molecule has 0 radical (unpaired) electrons. The van der Waals surface area contributed by atoms with E-state index in [9.17, 15) is 14.7 Å². The monoisotopic (exact) mass is 422 g/mol. The molecule has 1 amide bonds. The first-order valence-electron chi connectivity index (χ1n) is 10.0. The first-order chi connectivity index (χ1) is 14.5. The molecule has 3 aromatic rings. The number of nitrogens with one attached hydrogen (secondary N) is 1. The molecule has 2 N–H and O–H groups in total. The zero-order valence-corrected chi connectivity index (χ0v) is 17.2. The molecule has 30 heavy (non-hydrogen) atoms. The van der Waals surface area contributed by atoms with E-state index in [1.165, 1.54) is 28.5 Å². The van der Waals surface area contributed by atoms with Crippen molar-refractivity contribution in [2.45, 2.75) is 31.8 Å². The molecule has 0 spiro atoms. The number of carboxylic acids is 1. The summed E-state index contributed by atoms with van der Waals surface area (Å²) < 4.78 is 0. The molecule has 1 fully saturated rings. The number of anilines is 1. The van der Waals surface area contributed by atoms with E-state index in [-0.39, 0.29) is 16.5 Å². The third-order valence-electron chi connectivity index (χ3n) is 5.42. The second-order valence-corrected chi connectivity index (χ2v) is 8.05. The highest BCUT2D eigenvalue weighted by atomic mass is 35.5. The molecule has 5 nitrogen and oxygen atoms in total. The number of hydrogen-bond donors (Lipinski definition) is 2. The van der Waals surface area contributed by atoms with Crippen LogP contribution in [0.1, 0.15) is 35.2 Å². The van der Waals surface area contributed by atoms with Crippen molar-refractivity contribution in [1.29, 1.82) is 0 Å². The molecule has 0 saturated heterocycles. The maximum atomic E-state index is 12.5. The van der Waals surface area contributed by atoms with Gasteiger partial charge in [0, 0.05) is 31.2 Å². The summed E-state index contributed by atoms with van der Waals surface area (Å²) in [6, 6.07) is 19.7. The molecule has 0 heterocycles. The number of amides is 1. The van der Waals surface area contributed by atoms with E-state index in [4.69, 9.17) is 11.6 Å². The molecule has 0 bridgehead atoms. The summed E-state index contributed by atoms with van der Waals surface area (Å²) >= 11 is 5.89. The lowest BCUT2D eigenvalue weighted by Gasteiger charge is -2.22. The van der Waals surface area contributed by atoms with Gasteiger partial charge < -0.3 is 10.4 Å². The van der Waals surface area contributed by atoms with Gasteiger partial charge in [0.05, 0.1) is 10.6 Å². The number of fused-ring (bicyclic) bond motifs is 1. The third kappa shape index (κ3) is 4.81. The van der Waals surface area contributed by atoms with Crippen molar-refractivity contribution in [2.75, 3.05) is 11.9 Å². The van der Waals surface area contributed by atoms with Crippen LogP contribution >= 0.6 is 11.6 Å². The van der Waals surface area contributed by atoms with Gasteiger partial charge in [0.25, 0.3) is 0 Å². The van der Waals surface area contributed by atoms with Gasteiger partial charge in [0.15, 0.2) is 0 Å². The topological polar surface area (TPSA) is 69.6 Å². The lowest BCUT2D eigenvalue weighted by Crippen LogP contribution is -2.29. The highest BCUT2D eigenvalue weighted by molar-refractivity contribution is 6.33. The zero-order valence-electron chi connectivity index (χ0n) is 16.5. The van der Waals surface area contributed by atoms with Crippen LogP contribution in [0.4, 0.5) is 5.69 Å². The lowest BCUT2D eigenvalue weighted by molar-refractivity contribution is -0.116. The van der Waals surface area contributed by atoms with Gasteiger partial charge in [-0.2, -0.15) is 0 Å². The van der Waals surface area contributed by atoms with Crippen molar-refractivity contribution in [2.24, 2.45) is 0 Å². The van der Waals surface area contributed by atoms with Crippen LogP contribution in [-0.4, -0.2) is 34.5 Å². The number of carboxylic acid groups (broad SMARTS) is 1. The van der Waals surface area contributed by atoms with Gasteiger partial charge in [0.1, 0.15) is 0 Å². The number of rotatable bonds is 8. The Morgan fingerprint density at radius 2 is 1.83 bits per heavy atom. The maximum Gasteiger partial charge on any atom is 0.337 e. The van der Waals surface area contributed by atoms with Crippen molar-refractivity contribution in [1.82, 2.24) is 4.90 Å². The maximum absolute atomic E-state index is 12.5. The molecule has 6 heteroatoms. The molecular formula is C24H23ClN2O3. The highest BCUT2D eigenvalue weighted by Crippen LogP contribution is 2.30. The number of hydrogen-bond acceptors (Lipinski definition) is 3. The van der Waals surface area contributed by atoms with E-state index < -0.39 is 5.97 Å². The van der Waals surface area contributed by atoms with E-state index in [1.807, 2.05) is 6.07 Å². The van der Waals surface area contributed by atoms with Crippen molar-refractivity contribution in [3.8, 4) is 0 Å².